The Labute approximate surface area is 151 Å². The van der Waals surface area contributed by atoms with E-state index in [-0.39, 0.29) is 5.75 Å². The van der Waals surface area contributed by atoms with Crippen LogP contribution >= 0.6 is 23.2 Å². The number of ether oxygens (including phenoxy) is 1. The molecular weight excluding hydrogens is 349 g/mol. The van der Waals surface area contributed by atoms with Crippen molar-refractivity contribution < 1.29 is 9.84 Å². The third-order valence-corrected chi connectivity index (χ3v) is 4.65. The molecular formula is C17H19Cl2N3O2. The first-order valence-electron chi connectivity index (χ1n) is 7.86. The number of alkyl halides is 1. The highest BCUT2D eigenvalue weighted by atomic mass is 35.5. The fraction of sp³-hybridized carbons (Fsp3) is 0.412. The molecule has 0 bridgehead atoms. The summed E-state index contributed by atoms with van der Waals surface area (Å²) in [5.74, 6) is 1.23. The molecule has 5 nitrogen and oxygen atoms in total. The van der Waals surface area contributed by atoms with Gasteiger partial charge in [0.2, 0.25) is 5.95 Å². The van der Waals surface area contributed by atoms with Crippen molar-refractivity contribution in [3.8, 4) is 17.0 Å². The van der Waals surface area contributed by atoms with Crippen molar-refractivity contribution in [1.82, 2.24) is 9.97 Å². The van der Waals surface area contributed by atoms with Gasteiger partial charge in [-0.25, -0.2) is 9.97 Å². The van der Waals surface area contributed by atoms with E-state index in [4.69, 9.17) is 32.9 Å². The minimum Gasteiger partial charge on any atom is -0.508 e. The van der Waals surface area contributed by atoms with Gasteiger partial charge in [-0.1, -0.05) is 23.7 Å². The van der Waals surface area contributed by atoms with E-state index in [1.807, 2.05) is 13.0 Å². The van der Waals surface area contributed by atoms with Crippen molar-refractivity contribution in [2.45, 2.75) is 13.3 Å². The summed E-state index contributed by atoms with van der Waals surface area (Å²) in [6.07, 6.45) is 0.564. The molecule has 0 radical (unpaired) electrons. The molecule has 128 valence electrons. The fourth-order valence-corrected chi connectivity index (χ4v) is 3.22. The quantitative estimate of drug-likeness (QED) is 0.662. The minimum atomic E-state index is 0.229. The van der Waals surface area contributed by atoms with E-state index < -0.39 is 0 Å². The Kier molecular flexibility index (Phi) is 5.43. The predicted molar refractivity (Wildman–Crippen MR) is 96.3 cm³/mol. The average molecular weight is 368 g/mol. The SMILES string of the molecule is Cc1c(O)cccc1-c1nc(N2CCOCC2)nc(Cl)c1CCCl. The van der Waals surface area contributed by atoms with Crippen LogP contribution in [0, 0.1) is 6.92 Å². The molecule has 2 heterocycles. The molecule has 1 aliphatic heterocycles. The maximum atomic E-state index is 10.0. The van der Waals surface area contributed by atoms with Gasteiger partial charge in [-0.3, -0.25) is 0 Å². The zero-order valence-electron chi connectivity index (χ0n) is 13.4. The van der Waals surface area contributed by atoms with Crippen molar-refractivity contribution in [2.75, 3.05) is 37.1 Å². The smallest absolute Gasteiger partial charge is 0.227 e. The number of phenolic OH excluding ortho intramolecular Hbond substituents is 1. The van der Waals surface area contributed by atoms with Crippen LogP contribution in [0.1, 0.15) is 11.1 Å². The molecule has 3 rings (SSSR count). The van der Waals surface area contributed by atoms with Gasteiger partial charge in [-0.15, -0.1) is 11.6 Å². The number of halogens is 2. The zero-order valence-corrected chi connectivity index (χ0v) is 14.9. The summed E-state index contributed by atoms with van der Waals surface area (Å²) in [4.78, 5) is 11.3. The lowest BCUT2D eigenvalue weighted by Gasteiger charge is -2.27. The second-order valence-corrected chi connectivity index (χ2v) is 6.37. The van der Waals surface area contributed by atoms with Gasteiger partial charge in [-0.05, 0) is 19.4 Å². The minimum absolute atomic E-state index is 0.229. The van der Waals surface area contributed by atoms with Crippen LogP contribution in [-0.4, -0.2) is 47.3 Å². The molecule has 1 aromatic heterocycles. The van der Waals surface area contributed by atoms with Crippen LogP contribution in [0.2, 0.25) is 5.15 Å². The summed E-state index contributed by atoms with van der Waals surface area (Å²) in [6.45, 7) is 4.60. The van der Waals surface area contributed by atoms with Gasteiger partial charge in [0.05, 0.1) is 18.9 Å². The summed E-state index contributed by atoms with van der Waals surface area (Å²) < 4.78 is 5.38. The van der Waals surface area contributed by atoms with Gasteiger partial charge in [0.15, 0.2) is 0 Å². The zero-order chi connectivity index (χ0) is 17.1. The Morgan fingerprint density at radius 2 is 2.00 bits per heavy atom. The first kappa shape index (κ1) is 17.3. The first-order valence-corrected chi connectivity index (χ1v) is 8.77. The van der Waals surface area contributed by atoms with Crippen LogP contribution in [0.3, 0.4) is 0 Å². The normalized spacial score (nSPS) is 14.9. The van der Waals surface area contributed by atoms with Crippen LogP contribution in [-0.2, 0) is 11.2 Å². The van der Waals surface area contributed by atoms with E-state index in [1.165, 1.54) is 0 Å². The third kappa shape index (κ3) is 3.43. The van der Waals surface area contributed by atoms with E-state index in [2.05, 4.69) is 9.88 Å². The monoisotopic (exact) mass is 367 g/mol. The van der Waals surface area contributed by atoms with E-state index in [9.17, 15) is 5.11 Å². The standard InChI is InChI=1S/C17H19Cl2N3O2/c1-11-12(3-2-4-14(11)23)15-13(5-6-18)16(19)21-17(20-15)22-7-9-24-10-8-22/h2-4,23H,5-10H2,1H3. The lowest BCUT2D eigenvalue weighted by molar-refractivity contribution is 0.122. The van der Waals surface area contributed by atoms with Crippen molar-refractivity contribution in [3.05, 3.63) is 34.5 Å². The van der Waals surface area contributed by atoms with E-state index >= 15 is 0 Å². The molecule has 24 heavy (non-hydrogen) atoms. The van der Waals surface area contributed by atoms with Gasteiger partial charge in [-0.2, -0.15) is 0 Å². The summed E-state index contributed by atoms with van der Waals surface area (Å²) in [5, 5.41) is 10.4. The second kappa shape index (κ2) is 7.55. The molecule has 1 N–H and O–H groups in total. The molecule has 0 saturated carbocycles. The topological polar surface area (TPSA) is 58.5 Å². The van der Waals surface area contributed by atoms with Gasteiger partial charge in [0.25, 0.3) is 0 Å². The van der Waals surface area contributed by atoms with Crippen molar-refractivity contribution in [3.63, 3.8) is 0 Å². The number of benzene rings is 1. The number of anilines is 1. The Morgan fingerprint density at radius 3 is 2.71 bits per heavy atom. The first-order chi connectivity index (χ1) is 11.6. The molecule has 1 aliphatic rings. The largest absolute Gasteiger partial charge is 0.508 e. The molecule has 0 unspecified atom stereocenters. The number of aromatic nitrogens is 2. The summed E-state index contributed by atoms with van der Waals surface area (Å²) in [5.41, 5.74) is 3.13. The number of morpholine rings is 1. The van der Waals surface area contributed by atoms with Crippen LogP contribution in [0.25, 0.3) is 11.3 Å². The Balaban J connectivity index is 2.13. The van der Waals surface area contributed by atoms with Crippen LogP contribution < -0.4 is 4.90 Å². The maximum Gasteiger partial charge on any atom is 0.227 e. The average Bonchev–Trinajstić information content (AvgIpc) is 2.60. The highest BCUT2D eigenvalue weighted by molar-refractivity contribution is 6.30. The lowest BCUT2D eigenvalue weighted by atomic mass is 10.00. The van der Waals surface area contributed by atoms with E-state index in [0.29, 0.717) is 36.6 Å². The number of rotatable bonds is 4. The van der Waals surface area contributed by atoms with Crippen LogP contribution in [0.15, 0.2) is 18.2 Å². The molecule has 0 amide bonds. The number of hydrogen-bond acceptors (Lipinski definition) is 5. The van der Waals surface area contributed by atoms with Crippen LogP contribution in [0.5, 0.6) is 5.75 Å². The molecule has 7 heteroatoms. The number of phenols is 1. The van der Waals surface area contributed by atoms with Gasteiger partial charge < -0.3 is 14.7 Å². The van der Waals surface area contributed by atoms with E-state index in [0.717, 1.165) is 35.5 Å². The number of hydrogen-bond donors (Lipinski definition) is 1. The van der Waals surface area contributed by atoms with Crippen molar-refractivity contribution in [1.29, 1.82) is 0 Å². The summed E-state index contributed by atoms with van der Waals surface area (Å²) >= 11 is 12.4. The van der Waals surface area contributed by atoms with E-state index in [1.54, 1.807) is 12.1 Å². The van der Waals surface area contributed by atoms with Gasteiger partial charge in [0, 0.05) is 35.7 Å². The molecule has 0 spiro atoms. The Bertz CT molecular complexity index is 734. The molecule has 2 aromatic rings. The number of aromatic hydroxyl groups is 1. The molecule has 1 aromatic carbocycles. The molecule has 1 saturated heterocycles. The Morgan fingerprint density at radius 1 is 1.25 bits per heavy atom. The predicted octanol–water partition coefficient (Wildman–Crippen LogP) is 3.43. The van der Waals surface area contributed by atoms with Crippen molar-refractivity contribution in [2.24, 2.45) is 0 Å². The number of nitrogens with zero attached hydrogens (tertiary/aromatic N) is 3. The van der Waals surface area contributed by atoms with Gasteiger partial charge >= 0.3 is 0 Å². The third-order valence-electron chi connectivity index (χ3n) is 4.14. The van der Waals surface area contributed by atoms with Gasteiger partial charge in [0.1, 0.15) is 10.9 Å². The highest BCUT2D eigenvalue weighted by Crippen LogP contribution is 2.34. The summed E-state index contributed by atoms with van der Waals surface area (Å²) in [6, 6.07) is 5.38. The molecule has 1 fully saturated rings. The highest BCUT2D eigenvalue weighted by Gasteiger charge is 2.21. The molecule has 0 atom stereocenters. The molecule has 0 aliphatic carbocycles. The lowest BCUT2D eigenvalue weighted by Crippen LogP contribution is -2.37. The fourth-order valence-electron chi connectivity index (χ4n) is 2.77. The second-order valence-electron chi connectivity index (χ2n) is 5.63. The van der Waals surface area contributed by atoms with Crippen molar-refractivity contribution >= 4 is 29.2 Å². The Hall–Kier alpha value is -1.56. The maximum absolute atomic E-state index is 10.0. The summed E-state index contributed by atoms with van der Waals surface area (Å²) in [7, 11) is 0. The van der Waals surface area contributed by atoms with Crippen LogP contribution in [0.4, 0.5) is 5.95 Å².